The Hall–Kier alpha value is -2.57. The number of hydrogen-bond donors (Lipinski definition) is 1. The van der Waals surface area contributed by atoms with E-state index >= 15 is 0 Å². The smallest absolute Gasteiger partial charge is 0.189 e. The Balaban J connectivity index is 1.71. The molecule has 7 heteroatoms. The summed E-state index contributed by atoms with van der Waals surface area (Å²) in [7, 11) is 0. The highest BCUT2D eigenvalue weighted by Crippen LogP contribution is 2.30. The number of benzene rings is 2. The van der Waals surface area contributed by atoms with Crippen LogP contribution >= 0.6 is 22.9 Å². The van der Waals surface area contributed by atoms with Crippen molar-refractivity contribution in [1.29, 1.82) is 0 Å². The van der Waals surface area contributed by atoms with Crippen LogP contribution in [0.5, 0.6) is 0 Å². The Morgan fingerprint density at radius 3 is 2.59 bits per heavy atom. The number of fused-ring (bicyclic) bond motifs is 1. The SMILES string of the molecule is Cc1nc(C)c(Cc2ccc(Cl)cc2)c(Nc2nc3ccc(F)cc3s2)n1. The maximum atomic E-state index is 13.4. The van der Waals surface area contributed by atoms with Crippen molar-refractivity contribution in [3.8, 4) is 0 Å². The monoisotopic (exact) mass is 398 g/mol. The second-order valence-electron chi connectivity index (χ2n) is 6.24. The third-order valence-corrected chi connectivity index (χ3v) is 5.38. The molecule has 0 atom stereocenters. The highest BCUT2D eigenvalue weighted by Gasteiger charge is 2.14. The first-order valence-electron chi connectivity index (χ1n) is 8.39. The Morgan fingerprint density at radius 2 is 1.81 bits per heavy atom. The van der Waals surface area contributed by atoms with Crippen molar-refractivity contribution in [2.75, 3.05) is 5.32 Å². The molecule has 0 aliphatic carbocycles. The minimum atomic E-state index is -0.269. The summed E-state index contributed by atoms with van der Waals surface area (Å²) in [4.78, 5) is 13.6. The van der Waals surface area contributed by atoms with E-state index in [1.165, 1.54) is 23.5 Å². The van der Waals surface area contributed by atoms with Gasteiger partial charge in [-0.05, 0) is 49.7 Å². The second kappa shape index (κ2) is 7.21. The standard InChI is InChI=1S/C20H16ClFN4S/c1-11-16(9-13-3-5-14(21)6-4-13)19(24-12(2)23-11)26-20-25-17-8-7-15(22)10-18(17)27-20/h3-8,10H,9H2,1-2H3,(H,23,24,25,26). The maximum absolute atomic E-state index is 13.4. The van der Waals surface area contributed by atoms with Crippen LogP contribution in [0.2, 0.25) is 5.02 Å². The molecule has 0 spiro atoms. The fourth-order valence-corrected chi connectivity index (χ4v) is 3.93. The molecular formula is C20H16ClFN4S. The Labute approximate surface area is 165 Å². The predicted octanol–water partition coefficient (Wildman–Crippen LogP) is 5.83. The summed E-state index contributed by atoms with van der Waals surface area (Å²) in [6.45, 7) is 3.83. The van der Waals surface area contributed by atoms with E-state index in [4.69, 9.17) is 11.6 Å². The van der Waals surface area contributed by atoms with Gasteiger partial charge < -0.3 is 5.32 Å². The minimum Gasteiger partial charge on any atom is -0.316 e. The van der Waals surface area contributed by atoms with Crippen LogP contribution in [-0.4, -0.2) is 15.0 Å². The van der Waals surface area contributed by atoms with Crippen LogP contribution in [0.15, 0.2) is 42.5 Å². The van der Waals surface area contributed by atoms with Crippen LogP contribution in [0.4, 0.5) is 15.3 Å². The number of aryl methyl sites for hydroxylation is 2. The zero-order chi connectivity index (χ0) is 19.0. The van der Waals surface area contributed by atoms with Gasteiger partial charge in [-0.1, -0.05) is 35.1 Å². The highest BCUT2D eigenvalue weighted by atomic mass is 35.5. The van der Waals surface area contributed by atoms with E-state index in [2.05, 4.69) is 20.3 Å². The lowest BCUT2D eigenvalue weighted by atomic mass is 10.0. The number of nitrogens with zero attached hydrogens (tertiary/aromatic N) is 3. The van der Waals surface area contributed by atoms with Gasteiger partial charge in [-0.2, -0.15) is 0 Å². The van der Waals surface area contributed by atoms with Crippen molar-refractivity contribution in [1.82, 2.24) is 15.0 Å². The van der Waals surface area contributed by atoms with E-state index in [1.807, 2.05) is 38.1 Å². The van der Waals surface area contributed by atoms with Gasteiger partial charge in [0, 0.05) is 22.7 Å². The van der Waals surface area contributed by atoms with E-state index in [0.29, 0.717) is 22.4 Å². The van der Waals surface area contributed by atoms with Crippen molar-refractivity contribution < 1.29 is 4.39 Å². The van der Waals surface area contributed by atoms with E-state index in [1.54, 1.807) is 6.07 Å². The van der Waals surface area contributed by atoms with Crippen molar-refractivity contribution in [2.24, 2.45) is 0 Å². The van der Waals surface area contributed by atoms with E-state index in [-0.39, 0.29) is 5.82 Å². The van der Waals surface area contributed by atoms with Crippen LogP contribution in [0.1, 0.15) is 22.6 Å². The first kappa shape index (κ1) is 17.8. The molecule has 4 nitrogen and oxygen atoms in total. The number of rotatable bonds is 4. The quantitative estimate of drug-likeness (QED) is 0.470. The summed E-state index contributed by atoms with van der Waals surface area (Å²) in [6.07, 6.45) is 0.672. The molecule has 2 aromatic heterocycles. The summed E-state index contributed by atoms with van der Waals surface area (Å²) in [5.74, 6) is 1.13. The third kappa shape index (κ3) is 3.91. The van der Waals surface area contributed by atoms with Gasteiger partial charge in [-0.15, -0.1) is 0 Å². The van der Waals surface area contributed by atoms with Gasteiger partial charge >= 0.3 is 0 Å². The molecule has 1 N–H and O–H groups in total. The predicted molar refractivity (Wildman–Crippen MR) is 109 cm³/mol. The average molecular weight is 399 g/mol. The fraction of sp³-hybridized carbons (Fsp3) is 0.150. The minimum absolute atomic E-state index is 0.269. The van der Waals surface area contributed by atoms with Crippen LogP contribution in [-0.2, 0) is 6.42 Å². The van der Waals surface area contributed by atoms with Crippen molar-refractivity contribution in [3.05, 3.63) is 75.9 Å². The summed E-state index contributed by atoms with van der Waals surface area (Å²) in [5, 5.41) is 4.68. The van der Waals surface area contributed by atoms with E-state index in [0.717, 1.165) is 32.9 Å². The van der Waals surface area contributed by atoms with Crippen LogP contribution in [0.25, 0.3) is 10.2 Å². The summed E-state index contributed by atoms with van der Waals surface area (Å²) < 4.78 is 14.2. The first-order chi connectivity index (χ1) is 13.0. The Kier molecular flexibility index (Phi) is 4.76. The molecule has 0 unspecified atom stereocenters. The molecule has 136 valence electrons. The van der Waals surface area contributed by atoms with E-state index < -0.39 is 0 Å². The molecule has 0 fully saturated rings. The maximum Gasteiger partial charge on any atom is 0.189 e. The average Bonchev–Trinajstić information content (AvgIpc) is 3.01. The van der Waals surface area contributed by atoms with Crippen molar-refractivity contribution in [3.63, 3.8) is 0 Å². The Morgan fingerprint density at radius 1 is 1.04 bits per heavy atom. The molecule has 0 amide bonds. The topological polar surface area (TPSA) is 50.7 Å². The molecular weight excluding hydrogens is 383 g/mol. The van der Waals surface area contributed by atoms with Gasteiger partial charge in [-0.3, -0.25) is 0 Å². The van der Waals surface area contributed by atoms with Gasteiger partial charge in [0.05, 0.1) is 10.2 Å². The largest absolute Gasteiger partial charge is 0.316 e. The number of anilines is 2. The van der Waals surface area contributed by atoms with E-state index in [9.17, 15) is 4.39 Å². The van der Waals surface area contributed by atoms with Crippen molar-refractivity contribution >= 4 is 44.1 Å². The molecule has 0 aliphatic heterocycles. The lowest BCUT2D eigenvalue weighted by molar-refractivity contribution is 0.630. The summed E-state index contributed by atoms with van der Waals surface area (Å²) >= 11 is 7.38. The number of hydrogen-bond acceptors (Lipinski definition) is 5. The summed E-state index contributed by atoms with van der Waals surface area (Å²) in [5.41, 5.74) is 3.77. The molecule has 0 aliphatic rings. The summed E-state index contributed by atoms with van der Waals surface area (Å²) in [6, 6.07) is 12.3. The van der Waals surface area contributed by atoms with Crippen LogP contribution in [0, 0.1) is 19.7 Å². The zero-order valence-corrected chi connectivity index (χ0v) is 16.3. The molecule has 2 aromatic carbocycles. The van der Waals surface area contributed by atoms with Gasteiger partial charge in [0.1, 0.15) is 17.5 Å². The molecule has 0 saturated carbocycles. The Bertz CT molecular complexity index is 1120. The normalized spacial score (nSPS) is 11.1. The molecule has 0 bridgehead atoms. The van der Waals surface area contributed by atoms with Crippen molar-refractivity contribution in [2.45, 2.75) is 20.3 Å². The first-order valence-corrected chi connectivity index (χ1v) is 9.59. The molecule has 27 heavy (non-hydrogen) atoms. The van der Waals surface area contributed by atoms with Gasteiger partial charge in [0.25, 0.3) is 0 Å². The molecule has 2 heterocycles. The molecule has 4 aromatic rings. The number of aromatic nitrogens is 3. The second-order valence-corrected chi connectivity index (χ2v) is 7.71. The fourth-order valence-electron chi connectivity index (χ4n) is 2.91. The molecule has 4 rings (SSSR count). The van der Waals surface area contributed by atoms with Gasteiger partial charge in [0.2, 0.25) is 0 Å². The lowest BCUT2D eigenvalue weighted by Crippen LogP contribution is -2.06. The number of thiazole rings is 1. The van der Waals surface area contributed by atoms with Crippen LogP contribution < -0.4 is 5.32 Å². The molecule has 0 radical (unpaired) electrons. The zero-order valence-electron chi connectivity index (χ0n) is 14.8. The molecule has 0 saturated heterocycles. The van der Waals surface area contributed by atoms with Crippen LogP contribution in [0.3, 0.4) is 0 Å². The number of halogens is 2. The van der Waals surface area contributed by atoms with Gasteiger partial charge in [-0.25, -0.2) is 19.3 Å². The number of nitrogens with one attached hydrogen (secondary N) is 1. The highest BCUT2D eigenvalue weighted by molar-refractivity contribution is 7.22. The third-order valence-electron chi connectivity index (χ3n) is 4.20. The lowest BCUT2D eigenvalue weighted by Gasteiger charge is -2.13. The van der Waals surface area contributed by atoms with Gasteiger partial charge in [0.15, 0.2) is 5.13 Å².